The van der Waals surface area contributed by atoms with Crippen molar-refractivity contribution >= 4 is 21.7 Å². The van der Waals surface area contributed by atoms with Crippen LogP contribution in [0.15, 0.2) is 34.9 Å². The summed E-state index contributed by atoms with van der Waals surface area (Å²) in [4.78, 5) is 4.40. The highest BCUT2D eigenvalue weighted by atomic mass is 79.9. The van der Waals surface area contributed by atoms with Crippen LogP contribution in [0.5, 0.6) is 5.75 Å². The molecule has 0 radical (unpaired) electrons. The molecule has 4 heteroatoms. The zero-order valence-corrected chi connectivity index (χ0v) is 13.0. The Morgan fingerprint density at radius 3 is 3.10 bits per heavy atom. The van der Waals surface area contributed by atoms with Crippen LogP contribution in [0, 0.1) is 6.92 Å². The Hall–Kier alpha value is -1.55. The molecule has 0 amide bonds. The number of anilines is 1. The van der Waals surface area contributed by atoms with Crippen LogP contribution in [0.1, 0.15) is 23.1 Å². The van der Waals surface area contributed by atoms with E-state index in [-0.39, 0.29) is 0 Å². The van der Waals surface area contributed by atoms with Gasteiger partial charge in [0, 0.05) is 17.2 Å². The van der Waals surface area contributed by atoms with Crippen LogP contribution in [0.4, 0.5) is 5.82 Å². The number of halogens is 1. The molecule has 0 atom stereocenters. The first-order valence-corrected chi connectivity index (χ1v) is 7.62. The van der Waals surface area contributed by atoms with Crippen LogP contribution >= 0.6 is 15.9 Å². The predicted octanol–water partition coefficient (Wildman–Crippen LogP) is 4.09. The molecule has 0 bridgehead atoms. The number of rotatable bonds is 3. The minimum Gasteiger partial charge on any atom is -0.493 e. The average molecular weight is 333 g/mol. The molecule has 1 aromatic carbocycles. The molecule has 20 heavy (non-hydrogen) atoms. The van der Waals surface area contributed by atoms with E-state index in [1.165, 1.54) is 11.1 Å². The fourth-order valence-electron chi connectivity index (χ4n) is 2.44. The van der Waals surface area contributed by atoms with E-state index in [1.807, 2.05) is 6.20 Å². The lowest BCUT2D eigenvalue weighted by molar-refractivity contribution is 0.288. The number of hydrogen-bond donors (Lipinski definition) is 1. The Labute approximate surface area is 127 Å². The molecule has 0 unspecified atom stereocenters. The molecule has 0 fully saturated rings. The van der Waals surface area contributed by atoms with Gasteiger partial charge in [0.2, 0.25) is 0 Å². The van der Waals surface area contributed by atoms with Crippen molar-refractivity contribution in [3.63, 3.8) is 0 Å². The summed E-state index contributed by atoms with van der Waals surface area (Å²) in [7, 11) is 0. The summed E-state index contributed by atoms with van der Waals surface area (Å²) >= 11 is 3.43. The Bertz CT molecular complexity index is 628. The number of benzene rings is 1. The van der Waals surface area contributed by atoms with Crippen LogP contribution < -0.4 is 10.1 Å². The second-order valence-corrected chi connectivity index (χ2v) is 5.98. The predicted molar refractivity (Wildman–Crippen MR) is 84.3 cm³/mol. The van der Waals surface area contributed by atoms with Crippen molar-refractivity contribution in [3.05, 3.63) is 51.6 Å². The van der Waals surface area contributed by atoms with Crippen molar-refractivity contribution in [2.75, 3.05) is 11.9 Å². The first-order chi connectivity index (χ1) is 9.72. The molecular formula is C16H17BrN2O. The van der Waals surface area contributed by atoms with Crippen molar-refractivity contribution in [1.82, 2.24) is 4.98 Å². The normalized spacial score (nSPS) is 13.5. The molecule has 1 N–H and O–H groups in total. The van der Waals surface area contributed by atoms with E-state index in [0.29, 0.717) is 0 Å². The molecule has 2 aromatic rings. The zero-order valence-electron chi connectivity index (χ0n) is 11.4. The molecular weight excluding hydrogens is 316 g/mol. The summed E-state index contributed by atoms with van der Waals surface area (Å²) < 4.78 is 6.64. The molecule has 2 heterocycles. The fraction of sp³-hybridized carbons (Fsp3) is 0.312. The Balaban J connectivity index is 1.72. The summed E-state index contributed by atoms with van der Waals surface area (Å²) in [6.07, 6.45) is 4.03. The first kappa shape index (κ1) is 13.4. The SMILES string of the molecule is Cc1cc(Br)cnc1NCc1ccc2c(c1)CCCO2. The van der Waals surface area contributed by atoms with Gasteiger partial charge in [-0.2, -0.15) is 0 Å². The van der Waals surface area contributed by atoms with E-state index in [2.05, 4.69) is 57.4 Å². The average Bonchev–Trinajstić information content (AvgIpc) is 2.46. The molecule has 104 valence electrons. The van der Waals surface area contributed by atoms with Crippen LogP contribution in [-0.4, -0.2) is 11.6 Å². The van der Waals surface area contributed by atoms with Crippen molar-refractivity contribution < 1.29 is 4.74 Å². The summed E-state index contributed by atoms with van der Waals surface area (Å²) in [5, 5.41) is 3.39. The lowest BCUT2D eigenvalue weighted by atomic mass is 10.0. The molecule has 1 aromatic heterocycles. The van der Waals surface area contributed by atoms with E-state index in [0.717, 1.165) is 47.6 Å². The van der Waals surface area contributed by atoms with Gasteiger partial charge in [0.1, 0.15) is 11.6 Å². The number of nitrogens with one attached hydrogen (secondary N) is 1. The highest BCUT2D eigenvalue weighted by Crippen LogP contribution is 2.26. The third kappa shape index (κ3) is 2.96. The van der Waals surface area contributed by atoms with Crippen molar-refractivity contribution in [2.24, 2.45) is 0 Å². The number of fused-ring (bicyclic) bond motifs is 1. The summed E-state index contributed by atoms with van der Waals surface area (Å²) in [5.41, 5.74) is 3.72. The Morgan fingerprint density at radius 2 is 2.25 bits per heavy atom. The Morgan fingerprint density at radius 1 is 1.35 bits per heavy atom. The minimum atomic E-state index is 0.781. The maximum atomic E-state index is 5.64. The third-order valence-electron chi connectivity index (χ3n) is 3.48. The van der Waals surface area contributed by atoms with E-state index >= 15 is 0 Å². The highest BCUT2D eigenvalue weighted by molar-refractivity contribution is 9.10. The summed E-state index contributed by atoms with van der Waals surface area (Å²) in [5.74, 6) is 1.97. The number of pyridine rings is 1. The number of aromatic nitrogens is 1. The van der Waals surface area contributed by atoms with Crippen LogP contribution in [-0.2, 0) is 13.0 Å². The van der Waals surface area contributed by atoms with Gasteiger partial charge >= 0.3 is 0 Å². The lowest BCUT2D eigenvalue weighted by Gasteiger charge is -2.18. The molecule has 0 saturated carbocycles. The van der Waals surface area contributed by atoms with Gasteiger partial charge in [0.05, 0.1) is 6.61 Å². The number of nitrogens with zero attached hydrogens (tertiary/aromatic N) is 1. The smallest absolute Gasteiger partial charge is 0.129 e. The van der Waals surface area contributed by atoms with Gasteiger partial charge in [-0.15, -0.1) is 0 Å². The van der Waals surface area contributed by atoms with E-state index < -0.39 is 0 Å². The number of ether oxygens (including phenoxy) is 1. The maximum absolute atomic E-state index is 5.64. The molecule has 0 saturated heterocycles. The quantitative estimate of drug-likeness (QED) is 0.919. The molecule has 3 nitrogen and oxygen atoms in total. The van der Waals surface area contributed by atoms with Crippen LogP contribution in [0.25, 0.3) is 0 Å². The monoisotopic (exact) mass is 332 g/mol. The summed E-state index contributed by atoms with van der Waals surface area (Å²) in [6.45, 7) is 3.68. The van der Waals surface area contributed by atoms with Gasteiger partial charge in [-0.05, 0) is 64.5 Å². The van der Waals surface area contributed by atoms with Gasteiger partial charge in [0.15, 0.2) is 0 Å². The van der Waals surface area contributed by atoms with Gasteiger partial charge in [0.25, 0.3) is 0 Å². The van der Waals surface area contributed by atoms with Gasteiger partial charge < -0.3 is 10.1 Å². The van der Waals surface area contributed by atoms with E-state index in [1.54, 1.807) is 0 Å². The maximum Gasteiger partial charge on any atom is 0.129 e. The topological polar surface area (TPSA) is 34.2 Å². The molecule has 0 spiro atoms. The number of aryl methyl sites for hydroxylation is 2. The lowest BCUT2D eigenvalue weighted by Crippen LogP contribution is -2.09. The highest BCUT2D eigenvalue weighted by Gasteiger charge is 2.10. The van der Waals surface area contributed by atoms with Crippen LogP contribution in [0.3, 0.4) is 0 Å². The fourth-order valence-corrected chi connectivity index (χ4v) is 2.88. The third-order valence-corrected chi connectivity index (χ3v) is 3.91. The minimum absolute atomic E-state index is 0.781. The standard InChI is InChI=1S/C16H17BrN2O/c1-11-7-14(17)10-19-16(11)18-9-12-4-5-15-13(8-12)3-2-6-20-15/h4-5,7-8,10H,2-3,6,9H2,1H3,(H,18,19). The molecule has 3 rings (SSSR count). The molecule has 1 aliphatic heterocycles. The van der Waals surface area contributed by atoms with E-state index in [9.17, 15) is 0 Å². The van der Waals surface area contributed by atoms with Gasteiger partial charge in [-0.1, -0.05) is 12.1 Å². The second kappa shape index (κ2) is 5.83. The first-order valence-electron chi connectivity index (χ1n) is 6.83. The van der Waals surface area contributed by atoms with Crippen molar-refractivity contribution in [1.29, 1.82) is 0 Å². The number of hydrogen-bond acceptors (Lipinski definition) is 3. The Kier molecular flexibility index (Phi) is 3.92. The second-order valence-electron chi connectivity index (χ2n) is 5.07. The summed E-state index contributed by atoms with van der Waals surface area (Å²) in [6, 6.07) is 8.49. The largest absolute Gasteiger partial charge is 0.493 e. The molecule has 0 aliphatic carbocycles. The van der Waals surface area contributed by atoms with Crippen LogP contribution in [0.2, 0.25) is 0 Å². The van der Waals surface area contributed by atoms with Gasteiger partial charge in [-0.25, -0.2) is 4.98 Å². The van der Waals surface area contributed by atoms with E-state index in [4.69, 9.17) is 4.74 Å². The zero-order chi connectivity index (χ0) is 13.9. The molecule has 1 aliphatic rings. The van der Waals surface area contributed by atoms with Crippen molar-refractivity contribution in [3.8, 4) is 5.75 Å². The van der Waals surface area contributed by atoms with Gasteiger partial charge in [-0.3, -0.25) is 0 Å². The van der Waals surface area contributed by atoms with Crippen molar-refractivity contribution in [2.45, 2.75) is 26.3 Å².